The van der Waals surface area contributed by atoms with Crippen molar-refractivity contribution < 1.29 is 4.42 Å². The Hall–Kier alpha value is -7.26. The summed E-state index contributed by atoms with van der Waals surface area (Å²) in [5.41, 5.74) is 6.88. The van der Waals surface area contributed by atoms with Crippen LogP contribution in [-0.2, 0) is 0 Å². The van der Waals surface area contributed by atoms with Crippen molar-refractivity contribution in [3.8, 4) is 22.3 Å². The maximum atomic E-state index is 6.65. The van der Waals surface area contributed by atoms with E-state index in [1.165, 1.54) is 123 Å². The lowest BCUT2D eigenvalue weighted by Crippen LogP contribution is -1.87. The van der Waals surface area contributed by atoms with Gasteiger partial charge in [0, 0.05) is 41.7 Å². The summed E-state index contributed by atoms with van der Waals surface area (Å²) in [5.74, 6) is 0. The molecule has 266 valence electrons. The third-order valence-corrected chi connectivity index (χ3v) is 14.1. The topological polar surface area (TPSA) is 13.1 Å². The molecule has 0 aliphatic rings. The lowest BCUT2D eigenvalue weighted by Gasteiger charge is -2.14. The van der Waals surface area contributed by atoms with E-state index in [0.29, 0.717) is 0 Å². The zero-order chi connectivity index (χ0) is 37.6. The molecule has 0 spiro atoms. The van der Waals surface area contributed by atoms with Crippen molar-refractivity contribution in [3.05, 3.63) is 182 Å². The van der Waals surface area contributed by atoms with Gasteiger partial charge in [-0.15, -0.1) is 11.3 Å². The van der Waals surface area contributed by atoms with Crippen molar-refractivity contribution in [2.45, 2.75) is 0 Å². The summed E-state index contributed by atoms with van der Waals surface area (Å²) in [4.78, 5) is 0. The maximum absolute atomic E-state index is 6.65. The van der Waals surface area contributed by atoms with Gasteiger partial charge in [0.2, 0.25) is 0 Å². The van der Waals surface area contributed by atoms with Gasteiger partial charge in [0.15, 0.2) is 0 Å². The Morgan fingerprint density at radius 1 is 0.293 bits per heavy atom. The van der Waals surface area contributed by atoms with Crippen molar-refractivity contribution in [3.63, 3.8) is 0 Å². The summed E-state index contributed by atoms with van der Waals surface area (Å²) in [6.07, 6.45) is 0. The molecule has 0 aliphatic heterocycles. The van der Waals surface area contributed by atoms with Gasteiger partial charge in [0.05, 0.1) is 0 Å². The first-order valence-electron chi connectivity index (χ1n) is 20.0. The molecule has 0 N–H and O–H groups in total. The summed E-state index contributed by atoms with van der Waals surface area (Å²) < 4.78 is 9.28. The Bertz CT molecular complexity index is 4050. The van der Waals surface area contributed by atoms with E-state index in [1.807, 2.05) is 11.3 Å². The number of fused-ring (bicyclic) bond motifs is 15. The van der Waals surface area contributed by atoms with Crippen LogP contribution < -0.4 is 0 Å². The fraction of sp³-hybridized carbons (Fsp3) is 0. The predicted molar refractivity (Wildman–Crippen MR) is 251 cm³/mol. The van der Waals surface area contributed by atoms with Crippen LogP contribution in [0.5, 0.6) is 0 Å². The molecule has 2 aromatic heterocycles. The van der Waals surface area contributed by atoms with Gasteiger partial charge in [-0.2, -0.15) is 0 Å². The third kappa shape index (κ3) is 4.09. The first-order chi connectivity index (χ1) is 28.7. The van der Waals surface area contributed by atoms with Crippen molar-refractivity contribution in [2.75, 3.05) is 0 Å². The molecule has 58 heavy (non-hydrogen) atoms. The number of hydrogen-bond acceptors (Lipinski definition) is 2. The average molecular weight is 751 g/mol. The fourth-order valence-corrected chi connectivity index (χ4v) is 11.4. The van der Waals surface area contributed by atoms with E-state index in [0.717, 1.165) is 16.6 Å². The number of thiophene rings is 1. The molecule has 0 unspecified atom stereocenters. The molecule has 0 saturated heterocycles. The first kappa shape index (κ1) is 30.9. The van der Waals surface area contributed by atoms with Gasteiger partial charge in [-0.25, -0.2) is 0 Å². The summed E-state index contributed by atoms with van der Waals surface area (Å²) in [5, 5.41) is 22.8. The molecule has 0 saturated carbocycles. The highest BCUT2D eigenvalue weighted by Crippen LogP contribution is 2.46. The van der Waals surface area contributed by atoms with E-state index < -0.39 is 0 Å². The molecule has 0 radical (unpaired) electrons. The molecule has 2 heteroatoms. The molecule has 2 heterocycles. The highest BCUT2D eigenvalue weighted by atomic mass is 32.1. The van der Waals surface area contributed by atoms with Gasteiger partial charge in [0.1, 0.15) is 11.2 Å². The number of rotatable bonds is 2. The van der Waals surface area contributed by atoms with Crippen LogP contribution in [0.25, 0.3) is 140 Å². The minimum absolute atomic E-state index is 0.929. The lowest BCUT2D eigenvalue weighted by molar-refractivity contribution is 0.673. The van der Waals surface area contributed by atoms with Gasteiger partial charge in [-0.1, -0.05) is 133 Å². The van der Waals surface area contributed by atoms with Crippen LogP contribution in [-0.4, -0.2) is 0 Å². The first-order valence-corrected chi connectivity index (χ1v) is 20.8. The van der Waals surface area contributed by atoms with Crippen molar-refractivity contribution in [1.29, 1.82) is 0 Å². The molecular weight excluding hydrogens is 721 g/mol. The smallest absolute Gasteiger partial charge is 0.143 e. The third-order valence-electron chi connectivity index (χ3n) is 13.0. The Kier molecular flexibility index (Phi) is 5.96. The van der Waals surface area contributed by atoms with E-state index in [2.05, 4.69) is 182 Å². The quantitative estimate of drug-likeness (QED) is 0.160. The molecule has 12 aromatic carbocycles. The van der Waals surface area contributed by atoms with E-state index in [9.17, 15) is 0 Å². The normalized spacial score (nSPS) is 12.5. The fourth-order valence-electron chi connectivity index (χ4n) is 10.3. The minimum Gasteiger partial charge on any atom is -0.455 e. The highest BCUT2D eigenvalue weighted by molar-refractivity contribution is 7.25. The van der Waals surface area contributed by atoms with Gasteiger partial charge in [-0.3, -0.25) is 0 Å². The van der Waals surface area contributed by atoms with Gasteiger partial charge in [0.25, 0.3) is 0 Å². The van der Waals surface area contributed by atoms with Crippen molar-refractivity contribution >= 4 is 129 Å². The molecular formula is C56H30OS. The molecule has 0 amide bonds. The maximum Gasteiger partial charge on any atom is 0.143 e. The molecule has 0 fully saturated rings. The number of furan rings is 1. The Labute approximate surface area is 335 Å². The van der Waals surface area contributed by atoms with Crippen LogP contribution in [0, 0.1) is 0 Å². The number of benzene rings is 12. The standard InChI is InChI=1S/C56H30OS/c1-2-9-39-31(6-1)14-23-45-55-49(57-56(39)45)25-24-44-41-21-17-35(28-46(41)40-10-3-4-11-42(40)54(44)55)36-18-26-50-47(29-36)48-30-37(19-27-51(48)58-50)38-20-15-34-13-12-32-7-5-8-33-16-22-43(38)53(34)52(32)33/h1-30H. The SMILES string of the molecule is c1ccc2c(c1)ccc1c2oc2ccc3c4ccc(-c5ccc6sc7ccc(-c8ccc9ccc%10cccc%11ccc8c9c%10%11)cc7c6c5)cc4c4ccccc4c3c21. The van der Waals surface area contributed by atoms with Gasteiger partial charge < -0.3 is 4.42 Å². The second kappa shape index (κ2) is 11.2. The molecule has 14 aromatic rings. The molecule has 0 bridgehead atoms. The summed E-state index contributed by atoms with van der Waals surface area (Å²) in [7, 11) is 0. The van der Waals surface area contributed by atoms with E-state index in [4.69, 9.17) is 4.42 Å². The van der Waals surface area contributed by atoms with Crippen LogP contribution in [0.2, 0.25) is 0 Å². The van der Waals surface area contributed by atoms with Crippen LogP contribution in [0.15, 0.2) is 186 Å². The number of hydrogen-bond donors (Lipinski definition) is 0. The Balaban J connectivity index is 0.955. The Morgan fingerprint density at radius 3 is 1.69 bits per heavy atom. The monoisotopic (exact) mass is 750 g/mol. The second-order valence-corrected chi connectivity index (χ2v) is 17.0. The van der Waals surface area contributed by atoms with Crippen LogP contribution in [0.4, 0.5) is 0 Å². The zero-order valence-electron chi connectivity index (χ0n) is 31.1. The summed E-state index contributed by atoms with van der Waals surface area (Å²) >= 11 is 1.88. The van der Waals surface area contributed by atoms with Crippen LogP contribution >= 0.6 is 11.3 Å². The minimum atomic E-state index is 0.929. The lowest BCUT2D eigenvalue weighted by atomic mass is 9.89. The Morgan fingerprint density at radius 2 is 0.845 bits per heavy atom. The predicted octanol–water partition coefficient (Wildman–Crippen LogP) is 16.8. The largest absolute Gasteiger partial charge is 0.455 e. The van der Waals surface area contributed by atoms with E-state index in [-0.39, 0.29) is 0 Å². The van der Waals surface area contributed by atoms with E-state index >= 15 is 0 Å². The second-order valence-electron chi connectivity index (χ2n) is 15.9. The van der Waals surface area contributed by atoms with E-state index in [1.54, 1.807) is 0 Å². The van der Waals surface area contributed by atoms with Gasteiger partial charge in [-0.05, 0) is 135 Å². The average Bonchev–Trinajstić information content (AvgIpc) is 3.86. The van der Waals surface area contributed by atoms with Crippen LogP contribution in [0.3, 0.4) is 0 Å². The van der Waals surface area contributed by atoms with Gasteiger partial charge >= 0.3 is 0 Å². The van der Waals surface area contributed by atoms with Crippen molar-refractivity contribution in [2.24, 2.45) is 0 Å². The summed E-state index contributed by atoms with van der Waals surface area (Å²) in [6, 6.07) is 67.8. The zero-order valence-corrected chi connectivity index (χ0v) is 32.0. The molecule has 0 aliphatic carbocycles. The molecule has 14 rings (SSSR count). The van der Waals surface area contributed by atoms with Crippen LogP contribution in [0.1, 0.15) is 0 Å². The van der Waals surface area contributed by atoms with Crippen molar-refractivity contribution in [1.82, 2.24) is 0 Å². The molecule has 0 atom stereocenters. The molecule has 1 nitrogen and oxygen atoms in total. The summed E-state index contributed by atoms with van der Waals surface area (Å²) in [6.45, 7) is 0. The highest BCUT2D eigenvalue weighted by Gasteiger charge is 2.19.